The number of carboxylic acid groups (broad SMARTS) is 1. The van der Waals surface area contributed by atoms with Crippen molar-refractivity contribution < 1.29 is 24.3 Å². The molecule has 1 unspecified atom stereocenters. The zero-order valence-electron chi connectivity index (χ0n) is 14.8. The minimum atomic E-state index is -1.92. The van der Waals surface area contributed by atoms with E-state index in [1.807, 2.05) is 44.2 Å². The minimum Gasteiger partial charge on any atom is -0.479 e. The highest BCUT2D eigenvalue weighted by Gasteiger charge is 2.39. The highest BCUT2D eigenvalue weighted by atomic mass is 16.7. The van der Waals surface area contributed by atoms with Gasteiger partial charge in [0.25, 0.3) is 0 Å². The maximum Gasteiger partial charge on any atom is 0.368 e. The molecule has 0 aliphatic carbocycles. The summed E-state index contributed by atoms with van der Waals surface area (Å²) >= 11 is 0. The predicted octanol–water partition coefficient (Wildman–Crippen LogP) is 0.337. The maximum atomic E-state index is 12.8. The van der Waals surface area contributed by atoms with E-state index in [1.165, 1.54) is 0 Å². The summed E-state index contributed by atoms with van der Waals surface area (Å²) in [6.07, 6.45) is 1.32. The van der Waals surface area contributed by atoms with Crippen LogP contribution in [0.2, 0.25) is 0 Å². The van der Waals surface area contributed by atoms with Crippen LogP contribution >= 0.6 is 0 Å². The van der Waals surface area contributed by atoms with Crippen molar-refractivity contribution in [3.8, 4) is 0 Å². The van der Waals surface area contributed by atoms with E-state index in [4.69, 9.17) is 11.5 Å². The molecule has 0 bridgehead atoms. The van der Waals surface area contributed by atoms with Gasteiger partial charge in [-0.3, -0.25) is 4.79 Å². The van der Waals surface area contributed by atoms with Gasteiger partial charge in [-0.1, -0.05) is 44.2 Å². The lowest BCUT2D eigenvalue weighted by Gasteiger charge is -2.31. The second-order valence-electron chi connectivity index (χ2n) is 5.82. The molecule has 0 fully saturated rings. The van der Waals surface area contributed by atoms with Crippen LogP contribution in [0.15, 0.2) is 35.5 Å². The van der Waals surface area contributed by atoms with E-state index in [1.54, 1.807) is 0 Å². The molecule has 26 heavy (non-hydrogen) atoms. The highest BCUT2D eigenvalue weighted by Crippen LogP contribution is 2.31. The summed E-state index contributed by atoms with van der Waals surface area (Å²) in [4.78, 5) is 40.4. The maximum absolute atomic E-state index is 12.8. The summed E-state index contributed by atoms with van der Waals surface area (Å²) in [7, 11) is 0. The molecule has 0 heterocycles. The van der Waals surface area contributed by atoms with Crippen LogP contribution in [-0.4, -0.2) is 35.0 Å². The van der Waals surface area contributed by atoms with E-state index >= 15 is 0 Å². The average molecular weight is 364 g/mol. The molecule has 9 nitrogen and oxygen atoms in total. The number of amides is 1. The van der Waals surface area contributed by atoms with Gasteiger partial charge in [-0.05, 0) is 30.0 Å². The first-order valence-corrected chi connectivity index (χ1v) is 8.13. The fourth-order valence-electron chi connectivity index (χ4n) is 2.54. The number of carbonyl (C=O) groups is 3. The number of hydrogen-bond acceptors (Lipinski definition) is 5. The summed E-state index contributed by atoms with van der Waals surface area (Å²) in [6, 6.07) is 7.43. The molecule has 1 amide bonds. The molecule has 0 saturated carbocycles. The van der Waals surface area contributed by atoms with Crippen LogP contribution in [0, 0.1) is 5.41 Å². The van der Waals surface area contributed by atoms with Gasteiger partial charge < -0.3 is 26.7 Å². The molecule has 0 aliphatic heterocycles. The molecular formula is C17H24N4O5. The van der Waals surface area contributed by atoms with E-state index in [9.17, 15) is 19.5 Å². The molecule has 1 atom stereocenters. The highest BCUT2D eigenvalue weighted by molar-refractivity contribution is 6.02. The minimum absolute atomic E-state index is 0.405. The molecule has 6 N–H and O–H groups in total. The number of guanidine groups is 1. The lowest BCUT2D eigenvalue weighted by Crippen LogP contribution is -2.52. The molecule has 142 valence electrons. The molecule has 9 heteroatoms. The van der Waals surface area contributed by atoms with E-state index in [0.29, 0.717) is 19.3 Å². The molecular weight excluding hydrogens is 340 g/mol. The van der Waals surface area contributed by atoms with Crippen molar-refractivity contribution in [3.63, 3.8) is 0 Å². The Labute approximate surface area is 151 Å². The smallest absolute Gasteiger partial charge is 0.368 e. The predicted molar refractivity (Wildman–Crippen MR) is 94.6 cm³/mol. The summed E-state index contributed by atoms with van der Waals surface area (Å²) in [5.74, 6) is -3.97. The van der Waals surface area contributed by atoms with Crippen LogP contribution in [0.5, 0.6) is 0 Å². The zero-order chi connectivity index (χ0) is 19.7. The van der Waals surface area contributed by atoms with Gasteiger partial charge in [0.15, 0.2) is 0 Å². The van der Waals surface area contributed by atoms with Crippen molar-refractivity contribution in [1.82, 2.24) is 5.32 Å². The van der Waals surface area contributed by atoms with Crippen LogP contribution in [0.25, 0.3) is 0 Å². The number of benzene rings is 1. The number of aliphatic carboxylic acids is 1. The van der Waals surface area contributed by atoms with E-state index in [2.05, 4.69) is 15.3 Å². The number of rotatable bonds is 9. The lowest BCUT2D eigenvalue weighted by molar-refractivity contribution is -0.158. The first-order chi connectivity index (χ1) is 12.3. The van der Waals surface area contributed by atoms with Crippen LogP contribution < -0.4 is 16.8 Å². The Kier molecular flexibility index (Phi) is 7.57. The van der Waals surface area contributed by atoms with Crippen molar-refractivity contribution in [2.45, 2.75) is 39.2 Å². The van der Waals surface area contributed by atoms with Crippen LogP contribution in [0.4, 0.5) is 0 Å². The van der Waals surface area contributed by atoms with Crippen LogP contribution in [0.1, 0.15) is 32.3 Å². The fraction of sp³-hybridized carbons (Fsp3) is 0.412. The van der Waals surface area contributed by atoms with Crippen LogP contribution in [-0.2, 0) is 25.6 Å². The SMILES string of the molecule is CCC(CC)(Cc1ccccc1)C(=O)NC(C(=O)O)C(=O)ON=C(N)N. The molecule has 0 aliphatic rings. The van der Waals surface area contributed by atoms with E-state index in [0.717, 1.165) is 5.56 Å². The quantitative estimate of drug-likeness (QED) is 0.162. The van der Waals surface area contributed by atoms with Crippen LogP contribution in [0.3, 0.4) is 0 Å². The number of nitrogens with one attached hydrogen (secondary N) is 1. The van der Waals surface area contributed by atoms with Crippen molar-refractivity contribution in [3.05, 3.63) is 35.9 Å². The fourth-order valence-corrected chi connectivity index (χ4v) is 2.54. The van der Waals surface area contributed by atoms with Crippen molar-refractivity contribution in [1.29, 1.82) is 0 Å². The Morgan fingerprint density at radius 2 is 1.77 bits per heavy atom. The third kappa shape index (κ3) is 5.47. The number of nitrogens with zero attached hydrogens (tertiary/aromatic N) is 1. The topological polar surface area (TPSA) is 157 Å². The number of nitrogens with two attached hydrogens (primary N) is 2. The first kappa shape index (κ1) is 20.9. The summed E-state index contributed by atoms with van der Waals surface area (Å²) in [6.45, 7) is 3.67. The number of carboxylic acids is 1. The first-order valence-electron chi connectivity index (χ1n) is 8.13. The number of carbonyl (C=O) groups excluding carboxylic acids is 2. The molecule has 1 rings (SSSR count). The molecule has 0 spiro atoms. The van der Waals surface area contributed by atoms with E-state index < -0.39 is 35.3 Å². The molecule has 0 saturated heterocycles. The van der Waals surface area contributed by atoms with Gasteiger partial charge in [-0.2, -0.15) is 0 Å². The molecule has 1 aromatic carbocycles. The second-order valence-corrected chi connectivity index (χ2v) is 5.82. The van der Waals surface area contributed by atoms with Gasteiger partial charge in [0.05, 0.1) is 5.41 Å². The van der Waals surface area contributed by atoms with Crippen molar-refractivity contribution >= 4 is 23.8 Å². The summed E-state index contributed by atoms with van der Waals surface area (Å²) < 4.78 is 0. The Hall–Kier alpha value is -3.10. The van der Waals surface area contributed by atoms with Crippen molar-refractivity contribution in [2.24, 2.45) is 22.0 Å². The Balaban J connectivity index is 3.00. The third-order valence-electron chi connectivity index (χ3n) is 4.22. The van der Waals surface area contributed by atoms with E-state index in [-0.39, 0.29) is 0 Å². The summed E-state index contributed by atoms with van der Waals surface area (Å²) in [5.41, 5.74) is 10.1. The third-order valence-corrected chi connectivity index (χ3v) is 4.22. The van der Waals surface area contributed by atoms with Gasteiger partial charge in [0, 0.05) is 0 Å². The van der Waals surface area contributed by atoms with Crippen molar-refractivity contribution in [2.75, 3.05) is 0 Å². The van der Waals surface area contributed by atoms with Gasteiger partial charge >= 0.3 is 11.9 Å². The van der Waals surface area contributed by atoms with Gasteiger partial charge in [-0.15, -0.1) is 0 Å². The lowest BCUT2D eigenvalue weighted by atomic mass is 9.76. The van der Waals surface area contributed by atoms with Gasteiger partial charge in [0.2, 0.25) is 17.9 Å². The van der Waals surface area contributed by atoms with Gasteiger partial charge in [0.1, 0.15) is 0 Å². The average Bonchev–Trinajstić information content (AvgIpc) is 2.62. The Morgan fingerprint density at radius 3 is 2.23 bits per heavy atom. The zero-order valence-corrected chi connectivity index (χ0v) is 14.8. The number of hydrogen-bond donors (Lipinski definition) is 4. The molecule has 1 aromatic rings. The Bertz CT molecular complexity index is 667. The normalized spacial score (nSPS) is 11.9. The largest absolute Gasteiger partial charge is 0.479 e. The standard InChI is InChI=1S/C17H24N4O5/c1-3-17(4-2,10-11-8-6-5-7-9-11)15(25)20-12(13(22)23)14(24)26-21-16(18)19/h5-9,12H,3-4,10H2,1-2H3,(H,20,25)(H,22,23)(H4,18,19,21). The molecule has 0 radical (unpaired) electrons. The Morgan fingerprint density at radius 1 is 1.19 bits per heavy atom. The monoisotopic (exact) mass is 364 g/mol. The van der Waals surface area contributed by atoms with Gasteiger partial charge in [-0.25, -0.2) is 9.59 Å². The second kappa shape index (κ2) is 9.40. The molecule has 0 aromatic heterocycles. The number of oxime groups is 1. The summed E-state index contributed by atoms with van der Waals surface area (Å²) in [5, 5.41) is 14.5.